The van der Waals surface area contributed by atoms with Crippen LogP contribution in [0.4, 0.5) is 0 Å². The van der Waals surface area contributed by atoms with Crippen molar-refractivity contribution in [2.75, 3.05) is 13.7 Å². The Morgan fingerprint density at radius 3 is 2.62 bits per heavy atom. The number of ether oxygens (including phenoxy) is 1. The summed E-state index contributed by atoms with van der Waals surface area (Å²) >= 11 is 6.04. The summed E-state index contributed by atoms with van der Waals surface area (Å²) in [6.07, 6.45) is 0. The van der Waals surface area contributed by atoms with Gasteiger partial charge in [0.2, 0.25) is 0 Å². The van der Waals surface area contributed by atoms with E-state index in [1.54, 1.807) is 24.1 Å². The van der Waals surface area contributed by atoms with E-state index < -0.39 is 0 Å². The number of aryl methyl sites for hydroxylation is 2. The number of hydrogen-bond acceptors (Lipinski definition) is 3. The van der Waals surface area contributed by atoms with Crippen molar-refractivity contribution in [3.8, 4) is 11.8 Å². The molecule has 24 heavy (non-hydrogen) atoms. The number of rotatable bonds is 5. The molecule has 2 aromatic carbocycles. The number of nitrogens with zero attached hydrogens (tertiary/aromatic N) is 2. The van der Waals surface area contributed by atoms with Crippen molar-refractivity contribution in [3.63, 3.8) is 0 Å². The van der Waals surface area contributed by atoms with Crippen molar-refractivity contribution in [2.45, 2.75) is 20.4 Å². The lowest BCUT2D eigenvalue weighted by molar-refractivity contribution is -0.132. The van der Waals surface area contributed by atoms with Gasteiger partial charge in [-0.2, -0.15) is 5.26 Å². The number of hydrogen-bond donors (Lipinski definition) is 0. The third kappa shape index (κ3) is 4.50. The molecule has 0 aliphatic rings. The standard InChI is InChI=1S/C19H19ClN2O2/c1-13-4-6-16(14(2)8-13)11-22(3)19(23)12-24-18-7-5-15(10-21)9-17(18)20/h4-9H,11-12H2,1-3H3. The first-order valence-electron chi connectivity index (χ1n) is 7.53. The second-order valence-electron chi connectivity index (χ2n) is 5.73. The Labute approximate surface area is 147 Å². The molecule has 2 aromatic rings. The Kier molecular flexibility index (Phi) is 5.83. The van der Waals surface area contributed by atoms with Gasteiger partial charge in [-0.05, 0) is 43.2 Å². The number of carbonyl (C=O) groups is 1. The van der Waals surface area contributed by atoms with E-state index in [2.05, 4.69) is 6.07 Å². The van der Waals surface area contributed by atoms with Crippen LogP contribution in [0.25, 0.3) is 0 Å². The summed E-state index contributed by atoms with van der Waals surface area (Å²) < 4.78 is 5.47. The Morgan fingerprint density at radius 1 is 1.25 bits per heavy atom. The molecule has 1 amide bonds. The maximum absolute atomic E-state index is 12.2. The summed E-state index contributed by atoms with van der Waals surface area (Å²) in [4.78, 5) is 13.9. The molecule has 0 saturated carbocycles. The molecule has 0 bridgehead atoms. The van der Waals surface area contributed by atoms with E-state index in [1.807, 2.05) is 32.0 Å². The lowest BCUT2D eigenvalue weighted by Gasteiger charge is -2.19. The van der Waals surface area contributed by atoms with E-state index in [4.69, 9.17) is 21.6 Å². The van der Waals surface area contributed by atoms with E-state index in [-0.39, 0.29) is 12.5 Å². The van der Waals surface area contributed by atoms with Crippen LogP contribution in [-0.2, 0) is 11.3 Å². The lowest BCUT2D eigenvalue weighted by Crippen LogP contribution is -2.31. The van der Waals surface area contributed by atoms with Crippen LogP contribution in [-0.4, -0.2) is 24.5 Å². The molecule has 5 heteroatoms. The topological polar surface area (TPSA) is 53.3 Å². The predicted molar refractivity (Wildman–Crippen MR) is 94.1 cm³/mol. The van der Waals surface area contributed by atoms with Crippen molar-refractivity contribution >= 4 is 17.5 Å². The summed E-state index contributed by atoms with van der Waals surface area (Å²) in [7, 11) is 1.74. The fourth-order valence-electron chi connectivity index (χ4n) is 2.30. The van der Waals surface area contributed by atoms with E-state index in [9.17, 15) is 4.79 Å². The molecular weight excluding hydrogens is 324 g/mol. The maximum Gasteiger partial charge on any atom is 0.260 e. The van der Waals surface area contributed by atoms with E-state index >= 15 is 0 Å². The maximum atomic E-state index is 12.2. The smallest absolute Gasteiger partial charge is 0.260 e. The zero-order valence-electron chi connectivity index (χ0n) is 14.0. The van der Waals surface area contributed by atoms with Crippen LogP contribution >= 0.6 is 11.6 Å². The molecule has 124 valence electrons. The Hall–Kier alpha value is -2.51. The third-order valence-corrected chi connectivity index (χ3v) is 4.04. The SMILES string of the molecule is Cc1ccc(CN(C)C(=O)COc2ccc(C#N)cc2Cl)c(C)c1. The first-order chi connectivity index (χ1) is 11.4. The van der Waals surface area contributed by atoms with Crippen molar-refractivity contribution in [2.24, 2.45) is 0 Å². The molecule has 2 rings (SSSR count). The molecular formula is C19H19ClN2O2. The number of halogens is 1. The van der Waals surface area contributed by atoms with E-state index in [0.717, 1.165) is 11.1 Å². The first kappa shape index (κ1) is 17.8. The Balaban J connectivity index is 1.96. The van der Waals surface area contributed by atoms with Gasteiger partial charge in [0.25, 0.3) is 5.91 Å². The third-order valence-electron chi connectivity index (χ3n) is 3.74. The molecule has 0 saturated heterocycles. The van der Waals surface area contributed by atoms with Crippen molar-refractivity contribution in [1.82, 2.24) is 4.90 Å². The highest BCUT2D eigenvalue weighted by molar-refractivity contribution is 6.32. The molecule has 0 fully saturated rings. The molecule has 0 heterocycles. The van der Waals surface area contributed by atoms with Gasteiger partial charge in [0.1, 0.15) is 5.75 Å². The zero-order chi connectivity index (χ0) is 17.7. The molecule has 0 aromatic heterocycles. The summed E-state index contributed by atoms with van der Waals surface area (Å²) in [5.74, 6) is 0.249. The normalized spacial score (nSPS) is 10.1. The minimum absolute atomic E-state index is 0.104. The van der Waals surface area contributed by atoms with E-state index in [0.29, 0.717) is 22.9 Å². The number of nitriles is 1. The van der Waals surface area contributed by atoms with Crippen molar-refractivity contribution in [3.05, 3.63) is 63.7 Å². The quantitative estimate of drug-likeness (QED) is 0.828. The molecule has 0 spiro atoms. The van der Waals surface area contributed by atoms with Crippen LogP contribution in [0.3, 0.4) is 0 Å². The summed E-state index contributed by atoms with van der Waals surface area (Å²) in [6, 6.07) is 12.9. The summed E-state index contributed by atoms with van der Waals surface area (Å²) in [6.45, 7) is 4.50. The highest BCUT2D eigenvalue weighted by atomic mass is 35.5. The number of likely N-dealkylation sites (N-methyl/N-ethyl adjacent to an activating group) is 1. The first-order valence-corrected chi connectivity index (χ1v) is 7.91. The average molecular weight is 343 g/mol. The highest BCUT2D eigenvalue weighted by Crippen LogP contribution is 2.25. The number of benzene rings is 2. The van der Waals surface area contributed by atoms with Crippen LogP contribution in [0, 0.1) is 25.2 Å². The van der Waals surface area contributed by atoms with Gasteiger partial charge in [-0.3, -0.25) is 4.79 Å². The van der Waals surface area contributed by atoms with Crippen molar-refractivity contribution < 1.29 is 9.53 Å². The molecule has 0 radical (unpaired) electrons. The van der Waals surface area contributed by atoms with E-state index in [1.165, 1.54) is 11.6 Å². The Morgan fingerprint density at radius 2 is 2.00 bits per heavy atom. The molecule has 0 N–H and O–H groups in total. The van der Waals surface area contributed by atoms with Gasteiger partial charge < -0.3 is 9.64 Å². The molecule has 0 aliphatic carbocycles. The van der Waals surface area contributed by atoms with Crippen LogP contribution in [0.5, 0.6) is 5.75 Å². The largest absolute Gasteiger partial charge is 0.482 e. The monoisotopic (exact) mass is 342 g/mol. The van der Waals surface area contributed by atoms with Crippen molar-refractivity contribution in [1.29, 1.82) is 5.26 Å². The second kappa shape index (κ2) is 7.85. The fourth-order valence-corrected chi connectivity index (χ4v) is 2.54. The van der Waals surface area contributed by atoms with Gasteiger partial charge in [-0.15, -0.1) is 0 Å². The van der Waals surface area contributed by atoms with Gasteiger partial charge in [0.05, 0.1) is 16.7 Å². The number of carbonyl (C=O) groups excluding carboxylic acids is 1. The van der Waals surface area contributed by atoms with Gasteiger partial charge in [0, 0.05) is 13.6 Å². The van der Waals surface area contributed by atoms with Gasteiger partial charge in [0.15, 0.2) is 6.61 Å². The highest BCUT2D eigenvalue weighted by Gasteiger charge is 2.13. The molecule has 0 unspecified atom stereocenters. The lowest BCUT2D eigenvalue weighted by atomic mass is 10.1. The van der Waals surface area contributed by atoms with Crippen LogP contribution in [0.1, 0.15) is 22.3 Å². The Bertz CT molecular complexity index is 796. The van der Waals surface area contributed by atoms with Gasteiger partial charge in [-0.1, -0.05) is 35.4 Å². The van der Waals surface area contributed by atoms with Gasteiger partial charge in [-0.25, -0.2) is 0 Å². The predicted octanol–water partition coefficient (Wildman–Crippen LogP) is 3.87. The molecule has 0 aliphatic heterocycles. The minimum atomic E-state index is -0.143. The van der Waals surface area contributed by atoms with Crippen LogP contribution in [0.15, 0.2) is 36.4 Å². The molecule has 0 atom stereocenters. The zero-order valence-corrected chi connectivity index (χ0v) is 14.7. The summed E-state index contributed by atoms with van der Waals surface area (Å²) in [5, 5.41) is 9.13. The minimum Gasteiger partial charge on any atom is -0.482 e. The molecule has 4 nitrogen and oxygen atoms in total. The van der Waals surface area contributed by atoms with Crippen LogP contribution < -0.4 is 4.74 Å². The van der Waals surface area contributed by atoms with Gasteiger partial charge >= 0.3 is 0 Å². The second-order valence-corrected chi connectivity index (χ2v) is 6.13. The van der Waals surface area contributed by atoms with Crippen LogP contribution in [0.2, 0.25) is 5.02 Å². The number of amides is 1. The average Bonchev–Trinajstić information content (AvgIpc) is 2.55. The summed E-state index contributed by atoms with van der Waals surface area (Å²) in [5.41, 5.74) is 3.91. The fraction of sp³-hybridized carbons (Fsp3) is 0.263.